The van der Waals surface area contributed by atoms with Gasteiger partial charge in [0.25, 0.3) is 29.5 Å². The summed E-state index contributed by atoms with van der Waals surface area (Å²) in [7, 11) is 3.52. The first kappa shape index (κ1) is 89.5. The van der Waals surface area contributed by atoms with Crippen molar-refractivity contribution in [2.75, 3.05) is 41.0 Å². The van der Waals surface area contributed by atoms with Crippen molar-refractivity contribution in [2.45, 2.75) is 90.5 Å². The maximum atomic E-state index is 12.9. The number of benzene rings is 6. The molecule has 0 fully saturated rings. The molecule has 6 aromatic carbocycles. The van der Waals surface area contributed by atoms with E-state index in [1.165, 1.54) is 87.0 Å². The SMILES string of the molecule is COC(=O)[C@@H](N)CNC(=O)OC(C)(C)C.COC(=O)[C@H](CN)NC(=O)c1c(Cl)cc(C(=O)NCc2cccc(O)c2)cc1Cl.COC(=O)[C@H](CNC(=O)OC(C)(C)C)NC(=O)c1c(Cl)cc(C(=O)NCc2cccc(O)c2)cc1Cl.Cl.O=C(NCc1cccc(O)c1)c1cc(Cl)c(C(=O)O)c(Cl)c1. The number of carboxylic acids is 1. The molecule has 0 saturated heterocycles. The lowest BCUT2D eigenvalue weighted by atomic mass is 10.1. The van der Waals surface area contributed by atoms with E-state index < -0.39 is 94.9 Å². The van der Waals surface area contributed by atoms with Gasteiger partial charge in [-0.2, -0.15) is 0 Å². The van der Waals surface area contributed by atoms with Gasteiger partial charge < -0.3 is 92.8 Å². The van der Waals surface area contributed by atoms with E-state index in [0.29, 0.717) is 16.7 Å². The molecule has 6 rings (SSSR count). The number of hydrogen-bond acceptors (Lipinski definition) is 21. The highest BCUT2D eigenvalue weighted by molar-refractivity contribution is 6.41. The van der Waals surface area contributed by atoms with E-state index in [0.717, 1.165) is 7.11 Å². The van der Waals surface area contributed by atoms with Crippen LogP contribution < -0.4 is 48.7 Å². The van der Waals surface area contributed by atoms with Crippen LogP contribution in [-0.4, -0.2) is 156 Å². The molecule has 29 nitrogen and oxygen atoms in total. The topological polar surface area (TPSA) is 451 Å². The van der Waals surface area contributed by atoms with Gasteiger partial charge in [0.1, 0.15) is 46.6 Å². The second kappa shape index (κ2) is 42.8. The van der Waals surface area contributed by atoms with E-state index in [4.69, 9.17) is 95.7 Å². The Morgan fingerprint density at radius 3 is 1.00 bits per heavy atom. The lowest BCUT2D eigenvalue weighted by Gasteiger charge is -2.22. The molecule has 0 aliphatic rings. The van der Waals surface area contributed by atoms with Gasteiger partial charge in [-0.15, -0.1) is 12.4 Å². The molecule has 0 spiro atoms. The molecule has 7 amide bonds. The van der Waals surface area contributed by atoms with Crippen molar-refractivity contribution in [1.29, 1.82) is 0 Å². The van der Waals surface area contributed by atoms with Crippen molar-refractivity contribution in [3.63, 3.8) is 0 Å². The first-order valence-electron chi connectivity index (χ1n) is 29.8. The Kier molecular flexibility index (Phi) is 37.2. The smallest absolute Gasteiger partial charge is 0.407 e. The molecule has 6 aromatic rings. The molecular weight excluding hydrogens is 1500 g/mol. The van der Waals surface area contributed by atoms with Crippen molar-refractivity contribution in [2.24, 2.45) is 11.5 Å². The minimum absolute atomic E-state index is 0. The number of alkyl carbamates (subject to hydrolysis) is 2. The third-order valence-electron chi connectivity index (χ3n) is 12.7. The lowest BCUT2D eigenvalue weighted by Crippen LogP contribution is -2.49. The highest BCUT2D eigenvalue weighted by atomic mass is 35.5. The molecule has 0 radical (unpaired) electrons. The van der Waals surface area contributed by atoms with E-state index in [2.05, 4.69) is 51.4 Å². The summed E-state index contributed by atoms with van der Waals surface area (Å²) in [6, 6.07) is 23.6. The lowest BCUT2D eigenvalue weighted by molar-refractivity contribution is -0.143. The summed E-state index contributed by atoms with van der Waals surface area (Å²) in [4.78, 5) is 131. The summed E-state index contributed by atoms with van der Waals surface area (Å²) in [5.41, 5.74) is 11.5. The number of esters is 3. The van der Waals surface area contributed by atoms with Crippen LogP contribution in [0.2, 0.25) is 30.1 Å². The minimum Gasteiger partial charge on any atom is -0.508 e. The van der Waals surface area contributed by atoms with Crippen LogP contribution >= 0.6 is 82.0 Å². The Balaban J connectivity index is 0.000000486. The average molecular weight is 1580 g/mol. The number of carboxylic acid groups (broad SMARTS) is 1. The molecule has 0 aromatic heterocycles. The van der Waals surface area contributed by atoms with Crippen LogP contribution in [0.5, 0.6) is 17.2 Å². The van der Waals surface area contributed by atoms with Gasteiger partial charge in [-0.05, 0) is 131 Å². The van der Waals surface area contributed by atoms with Crippen LogP contribution in [0, 0.1) is 0 Å². The average Bonchev–Trinajstić information content (AvgIpc) is 0.824. The van der Waals surface area contributed by atoms with Gasteiger partial charge >= 0.3 is 36.1 Å². The van der Waals surface area contributed by atoms with Gasteiger partial charge in [0, 0.05) is 49.4 Å². The summed E-state index contributed by atoms with van der Waals surface area (Å²) in [5.74, 6) is -6.12. The predicted molar refractivity (Wildman–Crippen MR) is 385 cm³/mol. The van der Waals surface area contributed by atoms with Crippen LogP contribution in [0.1, 0.15) is 120 Å². The third kappa shape index (κ3) is 31.3. The molecule has 3 atom stereocenters. The molecule has 0 aliphatic heterocycles. The van der Waals surface area contributed by atoms with E-state index in [-0.39, 0.29) is 132 Å². The number of ether oxygens (including phenoxy) is 5. The number of methoxy groups -OCH3 is 3. The molecule has 15 N–H and O–H groups in total. The van der Waals surface area contributed by atoms with Crippen LogP contribution in [0.3, 0.4) is 0 Å². The van der Waals surface area contributed by atoms with Crippen LogP contribution in [0.25, 0.3) is 0 Å². The number of nitrogens with two attached hydrogens (primary N) is 2. The summed E-state index contributed by atoms with van der Waals surface area (Å²) >= 11 is 36.4. The standard InChI is InChI=1S/C24H27Cl2N3O7.C19H19Cl2N3O5.C15H11Cl2NO4.C9H18N2O4.ClH/c1-24(2,3)36-23(34)28-12-18(22(33)35-4)29-21(32)19-16(25)9-14(10-17(19)26)20(31)27-11-13-6-5-7-15(30)8-13;1-29-19(28)15(8-22)24-18(27)16-13(20)6-11(7-14(16)21)17(26)23-9-10-3-2-4-12(25)5-10;16-11-5-9(6-12(17)13(11)15(21)22)14(20)18-7-8-2-1-3-10(19)4-8;1-9(2,3)15-8(13)11-5-6(10)7(12)14-4;/h5-10,18,30H,11-12H2,1-4H3,(H,27,31)(H,28,34)(H,29,32);2-7,15,25H,8-9,22H2,1H3,(H,23,26)(H,24,27);1-6,19H,7H2,(H,18,20)(H,21,22);6H,5,10H2,1-4H3,(H,11,13);1H/t18-;15-;;6-;/m00.0./s1. The zero-order valence-corrected chi connectivity index (χ0v) is 61.9. The monoisotopic (exact) mass is 1570 g/mol. The number of halogens is 7. The molecular formula is C67H76Cl7N9O20. The first-order chi connectivity index (χ1) is 47.7. The Hall–Kier alpha value is -9.56. The Labute approximate surface area is 627 Å². The van der Waals surface area contributed by atoms with Gasteiger partial charge in [-0.1, -0.05) is 106 Å². The number of carbonyl (C=O) groups is 11. The Bertz CT molecular complexity index is 3960. The summed E-state index contributed by atoms with van der Waals surface area (Å²) in [6.45, 7) is 10.2. The molecule has 103 heavy (non-hydrogen) atoms. The Morgan fingerprint density at radius 2 is 0.718 bits per heavy atom. The number of phenols is 3. The fourth-order valence-electron chi connectivity index (χ4n) is 8.00. The summed E-state index contributed by atoms with van der Waals surface area (Å²) in [5, 5.41) is 54.2. The maximum absolute atomic E-state index is 12.9. The quantitative estimate of drug-likeness (QED) is 0.0222. The van der Waals surface area contributed by atoms with Crippen molar-refractivity contribution in [1.82, 2.24) is 37.2 Å². The fraction of sp³-hybridized carbons (Fsp3) is 0.299. The predicted octanol–water partition coefficient (Wildman–Crippen LogP) is 9.04. The normalized spacial score (nSPS) is 11.4. The summed E-state index contributed by atoms with van der Waals surface area (Å²) in [6.07, 6.45) is -1.40. The van der Waals surface area contributed by atoms with E-state index in [1.54, 1.807) is 77.9 Å². The number of aromatic hydroxyl groups is 3. The van der Waals surface area contributed by atoms with Gasteiger partial charge in [0.05, 0.1) is 74.7 Å². The minimum atomic E-state index is -1.27. The second-order valence-electron chi connectivity index (χ2n) is 23.0. The molecule has 0 bridgehead atoms. The number of amides is 7. The number of aromatic carboxylic acids is 1. The van der Waals surface area contributed by atoms with Gasteiger partial charge in [0.15, 0.2) is 0 Å². The number of nitrogens with one attached hydrogen (secondary N) is 7. The molecule has 0 saturated carbocycles. The first-order valence-corrected chi connectivity index (χ1v) is 32.1. The van der Waals surface area contributed by atoms with Crippen molar-refractivity contribution < 1.29 is 96.9 Å². The zero-order chi connectivity index (χ0) is 76.9. The highest BCUT2D eigenvalue weighted by Crippen LogP contribution is 2.30. The molecule has 0 unspecified atom stereocenters. The molecule has 0 heterocycles. The van der Waals surface area contributed by atoms with Gasteiger partial charge in [0.2, 0.25) is 0 Å². The van der Waals surface area contributed by atoms with Gasteiger partial charge in [-0.3, -0.25) is 28.8 Å². The van der Waals surface area contributed by atoms with Crippen LogP contribution in [0.4, 0.5) is 9.59 Å². The number of carbonyl (C=O) groups excluding carboxylic acids is 10. The second-order valence-corrected chi connectivity index (χ2v) is 25.5. The third-order valence-corrected chi connectivity index (χ3v) is 14.5. The number of hydrogen-bond donors (Lipinski definition) is 13. The van der Waals surface area contributed by atoms with Gasteiger partial charge in [-0.25, -0.2) is 24.0 Å². The van der Waals surface area contributed by atoms with Crippen LogP contribution in [0.15, 0.2) is 109 Å². The van der Waals surface area contributed by atoms with Crippen molar-refractivity contribution in [3.8, 4) is 17.2 Å². The maximum Gasteiger partial charge on any atom is 0.407 e. The highest BCUT2D eigenvalue weighted by Gasteiger charge is 2.29. The van der Waals surface area contributed by atoms with E-state index in [9.17, 15) is 68.1 Å². The zero-order valence-electron chi connectivity index (χ0n) is 56.5. The van der Waals surface area contributed by atoms with Crippen molar-refractivity contribution in [3.05, 3.63) is 189 Å². The molecule has 0 aliphatic carbocycles. The van der Waals surface area contributed by atoms with Crippen molar-refractivity contribution >= 4 is 148 Å². The Morgan fingerprint density at radius 1 is 0.427 bits per heavy atom. The van der Waals surface area contributed by atoms with Crippen LogP contribution in [-0.2, 0) is 57.7 Å². The fourth-order valence-corrected chi connectivity index (χ4v) is 9.96. The van der Waals surface area contributed by atoms with E-state index in [1.807, 2.05) is 0 Å². The number of phenolic OH excluding ortho intramolecular Hbond substituents is 3. The van der Waals surface area contributed by atoms with E-state index >= 15 is 0 Å². The summed E-state index contributed by atoms with van der Waals surface area (Å²) < 4.78 is 23.7. The largest absolute Gasteiger partial charge is 0.508 e. The molecule has 558 valence electrons. The number of rotatable bonds is 22. The molecule has 36 heteroatoms.